The van der Waals surface area contributed by atoms with Crippen molar-refractivity contribution in [3.05, 3.63) is 29.8 Å². The molecule has 3 rings (SSSR count). The molecule has 1 aromatic heterocycles. The van der Waals surface area contributed by atoms with E-state index >= 15 is 0 Å². The topological polar surface area (TPSA) is 90.2 Å². The van der Waals surface area contributed by atoms with Crippen LogP contribution in [0.15, 0.2) is 24.3 Å². The Morgan fingerprint density at radius 3 is 2.65 bits per heavy atom. The van der Waals surface area contributed by atoms with Gasteiger partial charge in [-0.15, -0.1) is 10.2 Å². The third kappa shape index (κ3) is 3.20. The molecule has 1 aromatic carbocycles. The van der Waals surface area contributed by atoms with Gasteiger partial charge >= 0.3 is 6.09 Å². The van der Waals surface area contributed by atoms with E-state index in [0.717, 1.165) is 10.5 Å². The molecule has 0 aliphatic carbocycles. The van der Waals surface area contributed by atoms with Gasteiger partial charge < -0.3 is 4.74 Å². The number of ether oxygens (including phenoxy) is 1. The van der Waals surface area contributed by atoms with Crippen LogP contribution in [0, 0.1) is 0 Å². The van der Waals surface area contributed by atoms with E-state index in [0.29, 0.717) is 11.7 Å². The number of hydrogen-bond acceptors (Lipinski definition) is 6. The zero-order valence-electron chi connectivity index (χ0n) is 13.0. The van der Waals surface area contributed by atoms with Crippen molar-refractivity contribution >= 4 is 12.0 Å². The van der Waals surface area contributed by atoms with Gasteiger partial charge in [0.2, 0.25) is 5.82 Å². The van der Waals surface area contributed by atoms with Crippen molar-refractivity contribution in [1.82, 2.24) is 25.1 Å². The molecule has 2 amide bonds. The molecule has 0 N–H and O–H groups in total. The third-order valence-electron chi connectivity index (χ3n) is 3.63. The molecule has 120 valence electrons. The van der Waals surface area contributed by atoms with E-state index < -0.39 is 12.0 Å². The fourth-order valence-corrected chi connectivity index (χ4v) is 2.27. The van der Waals surface area contributed by atoms with Crippen LogP contribution in [0.3, 0.4) is 0 Å². The second-order valence-corrected chi connectivity index (χ2v) is 5.58. The van der Waals surface area contributed by atoms with Gasteiger partial charge in [-0.05, 0) is 16.7 Å². The van der Waals surface area contributed by atoms with E-state index in [1.807, 2.05) is 24.3 Å². The predicted molar refractivity (Wildman–Crippen MR) is 80.4 cm³/mol. The number of hydrogen-bond donors (Lipinski definition) is 0. The minimum absolute atomic E-state index is 0.147. The van der Waals surface area contributed by atoms with Gasteiger partial charge in [0.15, 0.2) is 0 Å². The molecule has 0 atom stereocenters. The van der Waals surface area contributed by atoms with Crippen LogP contribution in [0.5, 0.6) is 0 Å². The Kier molecular flexibility index (Phi) is 4.05. The number of aromatic nitrogens is 4. The van der Waals surface area contributed by atoms with Crippen LogP contribution in [-0.2, 0) is 16.1 Å². The van der Waals surface area contributed by atoms with Crippen LogP contribution in [0.25, 0.3) is 11.4 Å². The maximum Gasteiger partial charge on any atom is 0.416 e. The summed E-state index contributed by atoms with van der Waals surface area (Å²) in [6, 6.07) is 7.89. The Labute approximate surface area is 133 Å². The maximum atomic E-state index is 12.0. The monoisotopic (exact) mass is 315 g/mol. The van der Waals surface area contributed by atoms with Gasteiger partial charge in [-0.1, -0.05) is 38.1 Å². The first-order valence-corrected chi connectivity index (χ1v) is 7.40. The molecule has 8 heteroatoms. The fourth-order valence-electron chi connectivity index (χ4n) is 2.27. The molecule has 1 aliphatic heterocycles. The highest BCUT2D eigenvalue weighted by Gasteiger charge is 2.28. The minimum Gasteiger partial charge on any atom is -0.447 e. The predicted octanol–water partition coefficient (Wildman–Crippen LogP) is 1.44. The first kappa shape index (κ1) is 15.1. The molecule has 2 heterocycles. The molecule has 0 bridgehead atoms. The summed E-state index contributed by atoms with van der Waals surface area (Å²) in [6.07, 6.45) is -0.625. The number of carbonyl (C=O) groups is 2. The van der Waals surface area contributed by atoms with Crippen molar-refractivity contribution in [3.8, 4) is 11.4 Å². The van der Waals surface area contributed by atoms with Gasteiger partial charge in [-0.3, -0.25) is 4.79 Å². The van der Waals surface area contributed by atoms with Crippen molar-refractivity contribution in [2.75, 3.05) is 13.2 Å². The Morgan fingerprint density at radius 1 is 1.30 bits per heavy atom. The molecule has 1 fully saturated rings. The Bertz CT molecular complexity index is 723. The van der Waals surface area contributed by atoms with E-state index in [4.69, 9.17) is 4.74 Å². The van der Waals surface area contributed by atoms with Gasteiger partial charge in [0.05, 0.1) is 6.54 Å². The lowest BCUT2D eigenvalue weighted by atomic mass is 10.0. The van der Waals surface area contributed by atoms with E-state index in [2.05, 4.69) is 29.3 Å². The fraction of sp³-hybridized carbons (Fsp3) is 0.400. The highest BCUT2D eigenvalue weighted by Crippen LogP contribution is 2.19. The van der Waals surface area contributed by atoms with Crippen molar-refractivity contribution in [2.24, 2.45) is 0 Å². The number of nitrogens with zero attached hydrogens (tertiary/aromatic N) is 5. The van der Waals surface area contributed by atoms with Crippen LogP contribution >= 0.6 is 0 Å². The summed E-state index contributed by atoms with van der Waals surface area (Å²) in [5, 5.41) is 12.0. The summed E-state index contributed by atoms with van der Waals surface area (Å²) in [4.78, 5) is 25.5. The van der Waals surface area contributed by atoms with E-state index in [9.17, 15) is 9.59 Å². The zero-order chi connectivity index (χ0) is 16.4. The normalized spacial score (nSPS) is 14.4. The highest BCUT2D eigenvalue weighted by molar-refractivity contribution is 5.92. The van der Waals surface area contributed by atoms with Crippen molar-refractivity contribution in [3.63, 3.8) is 0 Å². The first-order chi connectivity index (χ1) is 11.0. The van der Waals surface area contributed by atoms with Gasteiger partial charge in [0, 0.05) is 5.56 Å². The van der Waals surface area contributed by atoms with Gasteiger partial charge in [-0.25, -0.2) is 9.69 Å². The molecule has 8 nitrogen and oxygen atoms in total. The van der Waals surface area contributed by atoms with Crippen molar-refractivity contribution < 1.29 is 14.3 Å². The average Bonchev–Trinajstić information content (AvgIpc) is 3.16. The second kappa shape index (κ2) is 6.15. The average molecular weight is 315 g/mol. The Hall–Kier alpha value is -2.77. The van der Waals surface area contributed by atoms with Gasteiger partial charge in [0.1, 0.15) is 13.2 Å². The van der Waals surface area contributed by atoms with Gasteiger partial charge in [-0.2, -0.15) is 4.80 Å². The maximum absolute atomic E-state index is 12.0. The highest BCUT2D eigenvalue weighted by atomic mass is 16.6. The second-order valence-electron chi connectivity index (χ2n) is 5.58. The number of cyclic esters (lactones) is 1. The summed E-state index contributed by atoms with van der Waals surface area (Å²) in [5.74, 6) is 0.481. The molecule has 0 spiro atoms. The van der Waals surface area contributed by atoms with Crippen molar-refractivity contribution in [2.45, 2.75) is 26.3 Å². The molecular weight excluding hydrogens is 298 g/mol. The lowest BCUT2D eigenvalue weighted by Crippen LogP contribution is -2.35. The number of benzene rings is 1. The van der Waals surface area contributed by atoms with Crippen LogP contribution < -0.4 is 0 Å². The molecule has 0 radical (unpaired) electrons. The number of imide groups is 1. The third-order valence-corrected chi connectivity index (χ3v) is 3.63. The number of rotatable bonds is 4. The molecule has 2 aromatic rings. The number of tetrazole rings is 1. The van der Waals surface area contributed by atoms with Crippen LogP contribution in [0.1, 0.15) is 25.3 Å². The van der Waals surface area contributed by atoms with Crippen LogP contribution in [0.4, 0.5) is 4.79 Å². The summed E-state index contributed by atoms with van der Waals surface area (Å²) in [6.45, 7) is 4.59. The lowest BCUT2D eigenvalue weighted by Gasteiger charge is -2.08. The standard InChI is InChI=1S/C15H17N5O3/c1-10(2)11-3-5-12(6-4-11)14-16-18-20(17-14)9-13(21)19-7-8-23-15(19)22/h3-6,10H,7-9H2,1-2H3. The first-order valence-electron chi connectivity index (χ1n) is 7.40. The summed E-state index contributed by atoms with van der Waals surface area (Å²) >= 11 is 0. The summed E-state index contributed by atoms with van der Waals surface area (Å²) in [7, 11) is 0. The largest absolute Gasteiger partial charge is 0.447 e. The summed E-state index contributed by atoms with van der Waals surface area (Å²) < 4.78 is 4.73. The zero-order valence-corrected chi connectivity index (χ0v) is 13.0. The van der Waals surface area contributed by atoms with Gasteiger partial charge in [0.25, 0.3) is 5.91 Å². The molecular formula is C15H17N5O3. The van der Waals surface area contributed by atoms with Crippen molar-refractivity contribution in [1.29, 1.82) is 0 Å². The van der Waals surface area contributed by atoms with E-state index in [-0.39, 0.29) is 19.7 Å². The van der Waals surface area contributed by atoms with E-state index in [1.54, 1.807) is 0 Å². The Morgan fingerprint density at radius 2 is 2.04 bits per heavy atom. The minimum atomic E-state index is -0.625. The van der Waals surface area contributed by atoms with Crippen LogP contribution in [-0.4, -0.2) is 50.3 Å². The molecule has 0 saturated carbocycles. The molecule has 1 aliphatic rings. The molecule has 0 unspecified atom stereocenters. The number of carbonyl (C=O) groups excluding carboxylic acids is 2. The van der Waals surface area contributed by atoms with E-state index in [1.165, 1.54) is 10.4 Å². The Balaban J connectivity index is 1.70. The quantitative estimate of drug-likeness (QED) is 0.848. The smallest absolute Gasteiger partial charge is 0.416 e. The molecule has 23 heavy (non-hydrogen) atoms. The van der Waals surface area contributed by atoms with Crippen LogP contribution in [0.2, 0.25) is 0 Å². The lowest BCUT2D eigenvalue weighted by molar-refractivity contribution is -0.128. The number of amides is 2. The SMILES string of the molecule is CC(C)c1ccc(-c2nnn(CC(=O)N3CCOC3=O)n2)cc1. The molecule has 1 saturated heterocycles. The summed E-state index contributed by atoms with van der Waals surface area (Å²) in [5.41, 5.74) is 2.05.